The fourth-order valence-corrected chi connectivity index (χ4v) is 1.43. The first-order valence-electron chi connectivity index (χ1n) is 4.94. The third-order valence-electron chi connectivity index (χ3n) is 2.11. The number of aliphatic hydroxyl groups excluding tert-OH is 1. The highest BCUT2D eigenvalue weighted by atomic mass is 16.3. The second-order valence-electron chi connectivity index (χ2n) is 3.15. The van der Waals surface area contributed by atoms with Crippen molar-refractivity contribution >= 4 is 5.82 Å². The highest BCUT2D eigenvalue weighted by molar-refractivity contribution is 5.47. The van der Waals surface area contributed by atoms with Gasteiger partial charge in [-0.3, -0.25) is 0 Å². The van der Waals surface area contributed by atoms with E-state index in [0.717, 1.165) is 11.4 Å². The van der Waals surface area contributed by atoms with Crippen molar-refractivity contribution in [1.29, 1.82) is 0 Å². The summed E-state index contributed by atoms with van der Waals surface area (Å²) in [7, 11) is 0. The SMILES string of the molecule is C=CCN(CCO)c1ncccc1CN. The summed E-state index contributed by atoms with van der Waals surface area (Å²) in [5.41, 5.74) is 6.61. The molecule has 0 aromatic carbocycles. The van der Waals surface area contributed by atoms with Crippen LogP contribution in [-0.2, 0) is 6.54 Å². The lowest BCUT2D eigenvalue weighted by atomic mass is 10.2. The van der Waals surface area contributed by atoms with E-state index in [1.807, 2.05) is 17.0 Å². The molecule has 1 aromatic rings. The predicted molar refractivity (Wildman–Crippen MR) is 61.6 cm³/mol. The van der Waals surface area contributed by atoms with Crippen molar-refractivity contribution in [2.75, 3.05) is 24.6 Å². The van der Waals surface area contributed by atoms with Crippen LogP contribution in [0.1, 0.15) is 5.56 Å². The lowest BCUT2D eigenvalue weighted by molar-refractivity contribution is 0.302. The van der Waals surface area contributed by atoms with E-state index < -0.39 is 0 Å². The molecule has 0 atom stereocenters. The van der Waals surface area contributed by atoms with Crippen LogP contribution in [0.4, 0.5) is 5.82 Å². The molecule has 0 unspecified atom stereocenters. The summed E-state index contributed by atoms with van der Waals surface area (Å²) < 4.78 is 0. The Morgan fingerprint density at radius 2 is 2.40 bits per heavy atom. The van der Waals surface area contributed by atoms with Crippen LogP contribution in [0.2, 0.25) is 0 Å². The summed E-state index contributed by atoms with van der Waals surface area (Å²) in [5, 5.41) is 8.95. The van der Waals surface area contributed by atoms with Crippen molar-refractivity contribution < 1.29 is 5.11 Å². The monoisotopic (exact) mass is 207 g/mol. The average Bonchev–Trinajstić information content (AvgIpc) is 2.29. The van der Waals surface area contributed by atoms with E-state index >= 15 is 0 Å². The standard InChI is InChI=1S/C11H17N3O/c1-2-6-14(7-8-15)11-10(9-12)4-3-5-13-11/h2-5,15H,1,6-9,12H2. The molecule has 0 saturated carbocycles. The molecule has 82 valence electrons. The molecule has 3 N–H and O–H groups in total. The largest absolute Gasteiger partial charge is 0.395 e. The van der Waals surface area contributed by atoms with Gasteiger partial charge in [-0.2, -0.15) is 0 Å². The minimum Gasteiger partial charge on any atom is -0.395 e. The number of anilines is 1. The van der Waals surface area contributed by atoms with Gasteiger partial charge in [0.05, 0.1) is 6.61 Å². The van der Waals surface area contributed by atoms with Crippen molar-refractivity contribution in [1.82, 2.24) is 4.98 Å². The molecule has 4 nitrogen and oxygen atoms in total. The third-order valence-corrected chi connectivity index (χ3v) is 2.11. The number of aliphatic hydroxyl groups is 1. The van der Waals surface area contributed by atoms with Gasteiger partial charge in [-0.05, 0) is 6.07 Å². The van der Waals surface area contributed by atoms with Gasteiger partial charge in [0.15, 0.2) is 0 Å². The van der Waals surface area contributed by atoms with Crippen molar-refractivity contribution in [3.8, 4) is 0 Å². The molecule has 0 amide bonds. The van der Waals surface area contributed by atoms with Gasteiger partial charge in [-0.25, -0.2) is 4.98 Å². The summed E-state index contributed by atoms with van der Waals surface area (Å²) in [6, 6.07) is 3.80. The summed E-state index contributed by atoms with van der Waals surface area (Å²) in [6.45, 7) is 5.41. The van der Waals surface area contributed by atoms with Crippen LogP contribution in [0.5, 0.6) is 0 Å². The van der Waals surface area contributed by atoms with Crippen LogP contribution in [0.15, 0.2) is 31.0 Å². The fraction of sp³-hybridized carbons (Fsp3) is 0.364. The summed E-state index contributed by atoms with van der Waals surface area (Å²) in [5.74, 6) is 0.828. The number of rotatable bonds is 6. The summed E-state index contributed by atoms with van der Waals surface area (Å²) in [6.07, 6.45) is 3.51. The first-order chi connectivity index (χ1) is 7.33. The smallest absolute Gasteiger partial charge is 0.133 e. The van der Waals surface area contributed by atoms with E-state index in [-0.39, 0.29) is 6.61 Å². The Morgan fingerprint density at radius 3 is 3.00 bits per heavy atom. The molecular weight excluding hydrogens is 190 g/mol. The zero-order valence-corrected chi connectivity index (χ0v) is 8.76. The molecule has 0 aliphatic rings. The Morgan fingerprint density at radius 1 is 1.60 bits per heavy atom. The number of hydrogen-bond acceptors (Lipinski definition) is 4. The summed E-state index contributed by atoms with van der Waals surface area (Å²) >= 11 is 0. The average molecular weight is 207 g/mol. The highest BCUT2D eigenvalue weighted by Crippen LogP contribution is 2.15. The lowest BCUT2D eigenvalue weighted by Gasteiger charge is -2.23. The van der Waals surface area contributed by atoms with Crippen LogP contribution < -0.4 is 10.6 Å². The van der Waals surface area contributed by atoms with Crippen molar-refractivity contribution in [3.63, 3.8) is 0 Å². The Balaban J connectivity index is 2.92. The summed E-state index contributed by atoms with van der Waals surface area (Å²) in [4.78, 5) is 6.23. The minimum atomic E-state index is 0.0917. The normalized spacial score (nSPS) is 10.0. The molecule has 0 spiro atoms. The fourth-order valence-electron chi connectivity index (χ4n) is 1.43. The van der Waals surface area contributed by atoms with E-state index in [2.05, 4.69) is 11.6 Å². The van der Waals surface area contributed by atoms with E-state index in [1.165, 1.54) is 0 Å². The predicted octanol–water partition coefficient (Wildman–Crippen LogP) is 0.525. The number of nitrogens with zero attached hydrogens (tertiary/aromatic N) is 2. The Kier molecular flexibility index (Phi) is 4.80. The van der Waals surface area contributed by atoms with Gasteiger partial charge in [-0.15, -0.1) is 6.58 Å². The quantitative estimate of drug-likeness (QED) is 0.668. The molecule has 0 aliphatic carbocycles. The second-order valence-corrected chi connectivity index (χ2v) is 3.15. The Hall–Kier alpha value is -1.39. The molecular formula is C11H17N3O. The first kappa shape index (κ1) is 11.7. The molecule has 0 saturated heterocycles. The van der Waals surface area contributed by atoms with Gasteiger partial charge >= 0.3 is 0 Å². The zero-order chi connectivity index (χ0) is 11.1. The number of aromatic nitrogens is 1. The zero-order valence-electron chi connectivity index (χ0n) is 8.76. The van der Waals surface area contributed by atoms with Crippen molar-refractivity contribution in [3.05, 3.63) is 36.5 Å². The first-order valence-corrected chi connectivity index (χ1v) is 4.94. The topological polar surface area (TPSA) is 62.4 Å². The lowest BCUT2D eigenvalue weighted by Crippen LogP contribution is -2.29. The van der Waals surface area contributed by atoms with Crippen molar-refractivity contribution in [2.24, 2.45) is 5.73 Å². The highest BCUT2D eigenvalue weighted by Gasteiger charge is 2.09. The van der Waals surface area contributed by atoms with Crippen LogP contribution >= 0.6 is 0 Å². The molecule has 1 aromatic heterocycles. The third kappa shape index (κ3) is 3.04. The van der Waals surface area contributed by atoms with Gasteiger partial charge in [0.2, 0.25) is 0 Å². The Labute approximate surface area is 90.0 Å². The number of hydrogen-bond donors (Lipinski definition) is 2. The minimum absolute atomic E-state index is 0.0917. The molecule has 4 heteroatoms. The van der Waals surface area contributed by atoms with E-state index in [0.29, 0.717) is 19.6 Å². The van der Waals surface area contributed by atoms with Crippen LogP contribution in [0, 0.1) is 0 Å². The van der Waals surface area contributed by atoms with Crippen LogP contribution in [0.3, 0.4) is 0 Å². The van der Waals surface area contributed by atoms with Gasteiger partial charge < -0.3 is 15.7 Å². The van der Waals surface area contributed by atoms with Gasteiger partial charge in [0.1, 0.15) is 5.82 Å². The molecule has 15 heavy (non-hydrogen) atoms. The maximum Gasteiger partial charge on any atom is 0.133 e. The number of nitrogens with two attached hydrogens (primary N) is 1. The van der Waals surface area contributed by atoms with Crippen LogP contribution in [-0.4, -0.2) is 29.8 Å². The van der Waals surface area contributed by atoms with Gasteiger partial charge in [0, 0.05) is 31.4 Å². The number of pyridine rings is 1. The Bertz CT molecular complexity index is 314. The maximum atomic E-state index is 8.95. The molecule has 1 heterocycles. The molecule has 1 rings (SSSR count). The second kappa shape index (κ2) is 6.16. The van der Waals surface area contributed by atoms with Gasteiger partial charge in [-0.1, -0.05) is 12.1 Å². The van der Waals surface area contributed by atoms with Crippen LogP contribution in [0.25, 0.3) is 0 Å². The molecule has 0 bridgehead atoms. The van der Waals surface area contributed by atoms with Gasteiger partial charge in [0.25, 0.3) is 0 Å². The van der Waals surface area contributed by atoms with E-state index in [4.69, 9.17) is 10.8 Å². The molecule has 0 fully saturated rings. The molecule has 0 radical (unpaired) electrons. The molecule has 0 aliphatic heterocycles. The maximum absolute atomic E-state index is 8.95. The van der Waals surface area contributed by atoms with Crippen molar-refractivity contribution in [2.45, 2.75) is 6.54 Å². The van der Waals surface area contributed by atoms with E-state index in [1.54, 1.807) is 12.3 Å². The van der Waals surface area contributed by atoms with E-state index in [9.17, 15) is 0 Å².